The Balaban J connectivity index is 1.66. The van der Waals surface area contributed by atoms with Crippen molar-refractivity contribution >= 4 is 29.4 Å². The number of halogens is 1. The van der Waals surface area contributed by atoms with Gasteiger partial charge in [-0.05, 0) is 17.2 Å². The standard InChI is InChI=1S/C27H32ClNO12/c1-37-18-10-19(39-13-15-5-3-4-14(8-15)11-29-21(31)6-7-22(32)33)17(28)9-16(18)26(36)41-25-24(35)23(34)20(12-30)40-27(25)38-2/h3-5,8-10,20,23-25,27,30,34-35H,6-7,11-13H2,1-2H3,(H,29,31)(H,32,33)/t20-,23-,24+,25-,27+/m1/s1. The average Bonchev–Trinajstić information content (AvgIpc) is 2.96. The lowest BCUT2D eigenvalue weighted by atomic mass is 9.99. The van der Waals surface area contributed by atoms with E-state index < -0.39 is 49.3 Å². The predicted molar refractivity (Wildman–Crippen MR) is 141 cm³/mol. The van der Waals surface area contributed by atoms with Gasteiger partial charge in [-0.2, -0.15) is 0 Å². The van der Waals surface area contributed by atoms with Crippen molar-refractivity contribution in [2.75, 3.05) is 20.8 Å². The highest BCUT2D eigenvalue weighted by atomic mass is 35.5. The molecule has 2 aromatic carbocycles. The summed E-state index contributed by atoms with van der Waals surface area (Å²) in [5.74, 6) is -2.11. The molecule has 3 rings (SSSR count). The normalized spacial score (nSPS) is 22.0. The summed E-state index contributed by atoms with van der Waals surface area (Å²) in [5, 5.41) is 41.4. The maximum Gasteiger partial charge on any atom is 0.342 e. The molecule has 0 unspecified atom stereocenters. The van der Waals surface area contributed by atoms with Gasteiger partial charge < -0.3 is 49.4 Å². The molecule has 0 saturated carbocycles. The summed E-state index contributed by atoms with van der Waals surface area (Å²) in [5.41, 5.74) is 1.43. The number of hydrogen-bond acceptors (Lipinski definition) is 11. The second-order valence-electron chi connectivity index (χ2n) is 9.07. The number of carboxylic acids is 1. The van der Waals surface area contributed by atoms with Crippen molar-refractivity contribution in [2.24, 2.45) is 0 Å². The Kier molecular flexibility index (Phi) is 11.7. The predicted octanol–water partition coefficient (Wildman–Crippen LogP) is 1.02. The van der Waals surface area contributed by atoms with Crippen LogP contribution >= 0.6 is 11.6 Å². The van der Waals surface area contributed by atoms with Gasteiger partial charge in [0.15, 0.2) is 12.4 Å². The lowest BCUT2D eigenvalue weighted by Crippen LogP contribution is -2.60. The van der Waals surface area contributed by atoms with E-state index in [2.05, 4.69) is 5.32 Å². The van der Waals surface area contributed by atoms with Crippen LogP contribution in [0.3, 0.4) is 0 Å². The molecule has 5 atom stereocenters. The van der Waals surface area contributed by atoms with Crippen LogP contribution in [0.15, 0.2) is 36.4 Å². The van der Waals surface area contributed by atoms with Crippen LogP contribution in [0.2, 0.25) is 5.02 Å². The van der Waals surface area contributed by atoms with Crippen LogP contribution in [0, 0.1) is 0 Å². The summed E-state index contributed by atoms with van der Waals surface area (Å²) < 4.78 is 27.0. The van der Waals surface area contributed by atoms with Crippen molar-refractivity contribution in [3.05, 3.63) is 58.1 Å². The lowest BCUT2D eigenvalue weighted by Gasteiger charge is -2.40. The van der Waals surface area contributed by atoms with E-state index in [0.717, 1.165) is 11.1 Å². The first-order chi connectivity index (χ1) is 19.6. The SMILES string of the molecule is COc1cc(OCc2cccc(CNC(=O)CCC(=O)O)c2)c(Cl)cc1C(=O)O[C@H]1[C@@H](OC)O[C@H](CO)[C@@H](O)[C@@H]1O. The number of aliphatic hydroxyl groups excluding tert-OH is 3. The zero-order valence-corrected chi connectivity index (χ0v) is 23.1. The van der Waals surface area contributed by atoms with Crippen LogP contribution in [0.25, 0.3) is 0 Å². The van der Waals surface area contributed by atoms with E-state index in [1.54, 1.807) is 24.3 Å². The van der Waals surface area contributed by atoms with Crippen molar-refractivity contribution in [2.45, 2.75) is 56.7 Å². The molecule has 0 spiro atoms. The lowest BCUT2D eigenvalue weighted by molar-refractivity contribution is -0.293. The Hall–Kier alpha value is -3.46. The highest BCUT2D eigenvalue weighted by Gasteiger charge is 2.47. The zero-order valence-electron chi connectivity index (χ0n) is 22.3. The van der Waals surface area contributed by atoms with E-state index in [1.807, 2.05) is 0 Å². The van der Waals surface area contributed by atoms with Gasteiger partial charge in [0.25, 0.3) is 0 Å². The molecule has 1 fully saturated rings. The average molecular weight is 598 g/mol. The van der Waals surface area contributed by atoms with Crippen LogP contribution in [0.4, 0.5) is 0 Å². The van der Waals surface area contributed by atoms with Gasteiger partial charge in [0.1, 0.15) is 42.0 Å². The first kappa shape index (κ1) is 32.1. The smallest absolute Gasteiger partial charge is 0.342 e. The fourth-order valence-corrected chi connectivity index (χ4v) is 4.25. The number of amides is 1. The monoisotopic (exact) mass is 597 g/mol. The number of esters is 1. The Morgan fingerprint density at radius 3 is 2.41 bits per heavy atom. The highest BCUT2D eigenvalue weighted by molar-refractivity contribution is 6.32. The van der Waals surface area contributed by atoms with E-state index in [4.69, 9.17) is 40.4 Å². The van der Waals surface area contributed by atoms with E-state index >= 15 is 0 Å². The molecule has 0 aliphatic carbocycles. The molecule has 0 aromatic heterocycles. The van der Waals surface area contributed by atoms with Gasteiger partial charge in [0.2, 0.25) is 5.91 Å². The van der Waals surface area contributed by atoms with Crippen molar-refractivity contribution in [3.8, 4) is 11.5 Å². The Bertz CT molecular complexity index is 1220. The minimum Gasteiger partial charge on any atom is -0.496 e. The Labute approximate surface area is 240 Å². The number of aliphatic carboxylic acids is 1. The van der Waals surface area contributed by atoms with Crippen LogP contribution < -0.4 is 14.8 Å². The number of hydrogen-bond donors (Lipinski definition) is 5. The molecule has 41 heavy (non-hydrogen) atoms. The minimum absolute atomic E-state index is 0.0567. The fourth-order valence-electron chi connectivity index (χ4n) is 4.03. The van der Waals surface area contributed by atoms with E-state index in [0.29, 0.717) is 0 Å². The van der Waals surface area contributed by atoms with Gasteiger partial charge in [-0.15, -0.1) is 0 Å². The third-order valence-electron chi connectivity index (χ3n) is 6.22. The zero-order chi connectivity index (χ0) is 30.1. The largest absolute Gasteiger partial charge is 0.496 e. The number of ether oxygens (including phenoxy) is 5. The first-order valence-corrected chi connectivity index (χ1v) is 12.9. The second kappa shape index (κ2) is 15.0. The Morgan fingerprint density at radius 1 is 1.02 bits per heavy atom. The number of rotatable bonds is 13. The van der Waals surface area contributed by atoms with Gasteiger partial charge in [-0.3, -0.25) is 9.59 Å². The molecule has 224 valence electrons. The van der Waals surface area contributed by atoms with E-state index in [9.17, 15) is 29.7 Å². The maximum atomic E-state index is 13.0. The van der Waals surface area contributed by atoms with Crippen LogP contribution in [0.1, 0.15) is 34.3 Å². The number of benzene rings is 2. The second-order valence-corrected chi connectivity index (χ2v) is 9.48. The molecule has 1 aliphatic heterocycles. The molecule has 1 amide bonds. The van der Waals surface area contributed by atoms with Crippen molar-refractivity contribution in [3.63, 3.8) is 0 Å². The molecular weight excluding hydrogens is 566 g/mol. The molecule has 1 saturated heterocycles. The number of methoxy groups -OCH3 is 2. The number of carbonyl (C=O) groups excluding carboxylic acids is 2. The molecule has 2 aromatic rings. The van der Waals surface area contributed by atoms with Gasteiger partial charge in [0, 0.05) is 26.1 Å². The van der Waals surface area contributed by atoms with Gasteiger partial charge in [-0.25, -0.2) is 4.79 Å². The summed E-state index contributed by atoms with van der Waals surface area (Å²) in [4.78, 5) is 35.4. The van der Waals surface area contributed by atoms with Gasteiger partial charge in [-0.1, -0.05) is 35.9 Å². The third kappa shape index (κ3) is 8.52. The van der Waals surface area contributed by atoms with Crippen LogP contribution in [0.5, 0.6) is 11.5 Å². The van der Waals surface area contributed by atoms with Gasteiger partial charge >= 0.3 is 11.9 Å². The minimum atomic E-state index is -1.60. The summed E-state index contributed by atoms with van der Waals surface area (Å²) >= 11 is 6.38. The van der Waals surface area contributed by atoms with Crippen molar-refractivity contribution < 1.29 is 58.5 Å². The van der Waals surface area contributed by atoms with E-state index in [-0.39, 0.29) is 54.0 Å². The number of nitrogens with one attached hydrogen (secondary N) is 1. The quantitative estimate of drug-likeness (QED) is 0.206. The summed E-state index contributed by atoms with van der Waals surface area (Å²) in [6, 6.07) is 9.83. The van der Waals surface area contributed by atoms with Crippen LogP contribution in [-0.4, -0.2) is 89.8 Å². The topological polar surface area (TPSA) is 190 Å². The summed E-state index contributed by atoms with van der Waals surface area (Å²) in [6.45, 7) is -0.294. The fraction of sp³-hybridized carbons (Fsp3) is 0.444. The molecule has 1 aliphatic rings. The molecule has 13 nitrogen and oxygen atoms in total. The molecule has 0 radical (unpaired) electrons. The summed E-state index contributed by atoms with van der Waals surface area (Å²) in [6.07, 6.45) is -7.31. The van der Waals surface area contributed by atoms with Crippen molar-refractivity contribution in [1.29, 1.82) is 0 Å². The molecular formula is C27H32ClNO12. The first-order valence-electron chi connectivity index (χ1n) is 12.5. The maximum absolute atomic E-state index is 13.0. The molecule has 5 N–H and O–H groups in total. The number of aliphatic hydroxyl groups is 3. The molecule has 0 bridgehead atoms. The Morgan fingerprint density at radius 2 is 1.76 bits per heavy atom. The molecule has 1 heterocycles. The number of carbonyl (C=O) groups is 3. The number of carboxylic acid groups (broad SMARTS) is 1. The van der Waals surface area contributed by atoms with Crippen LogP contribution in [-0.2, 0) is 37.0 Å². The third-order valence-corrected chi connectivity index (χ3v) is 6.51. The summed E-state index contributed by atoms with van der Waals surface area (Å²) in [7, 11) is 2.58. The molecule has 14 heteroatoms. The van der Waals surface area contributed by atoms with Crippen molar-refractivity contribution in [1.82, 2.24) is 5.32 Å². The van der Waals surface area contributed by atoms with E-state index in [1.165, 1.54) is 26.4 Å². The highest BCUT2D eigenvalue weighted by Crippen LogP contribution is 2.35. The van der Waals surface area contributed by atoms with Gasteiger partial charge in [0.05, 0.1) is 25.2 Å².